The van der Waals surface area contributed by atoms with Gasteiger partial charge in [-0.2, -0.15) is 0 Å². The highest BCUT2D eigenvalue weighted by molar-refractivity contribution is 5.33. The minimum atomic E-state index is -0.443. The highest BCUT2D eigenvalue weighted by atomic mass is 16.5. The van der Waals surface area contributed by atoms with Crippen LogP contribution in [-0.4, -0.2) is 35.6 Å². The molecule has 25 heavy (non-hydrogen) atoms. The van der Waals surface area contributed by atoms with Gasteiger partial charge in [0.1, 0.15) is 0 Å². The number of ether oxygens (including phenoxy) is 1. The second-order valence-electron chi connectivity index (χ2n) is 8.15. The van der Waals surface area contributed by atoms with Gasteiger partial charge in [0.25, 0.3) is 0 Å². The fourth-order valence-electron chi connectivity index (χ4n) is 5.25. The molecule has 0 aromatic carbocycles. The summed E-state index contributed by atoms with van der Waals surface area (Å²) < 4.78 is 5.53. The van der Waals surface area contributed by atoms with Crippen molar-refractivity contribution in [1.82, 2.24) is 0 Å². The van der Waals surface area contributed by atoms with Crippen LogP contribution in [0.3, 0.4) is 0 Å². The predicted octanol–water partition coefficient (Wildman–Crippen LogP) is 4.31. The third-order valence-corrected chi connectivity index (χ3v) is 6.70. The zero-order chi connectivity index (χ0) is 17.9. The van der Waals surface area contributed by atoms with E-state index in [1.807, 2.05) is 0 Å². The van der Waals surface area contributed by atoms with Crippen molar-refractivity contribution in [2.75, 3.05) is 13.2 Å². The highest BCUT2D eigenvalue weighted by Crippen LogP contribution is 2.55. The Balaban J connectivity index is 1.65. The first-order valence-corrected chi connectivity index (χ1v) is 10.1. The molecule has 0 radical (unpaired) electrons. The maximum Gasteiger partial charge on any atom is 0.0841 e. The molecule has 0 bridgehead atoms. The van der Waals surface area contributed by atoms with Crippen LogP contribution in [0.25, 0.3) is 0 Å². The molecule has 0 aliphatic heterocycles. The summed E-state index contributed by atoms with van der Waals surface area (Å²) >= 11 is 0. The molecule has 3 aliphatic carbocycles. The lowest BCUT2D eigenvalue weighted by molar-refractivity contribution is -0.0582. The van der Waals surface area contributed by atoms with Crippen LogP contribution in [0.2, 0.25) is 0 Å². The smallest absolute Gasteiger partial charge is 0.0841 e. The largest absolute Gasteiger partial charge is 0.394 e. The first-order valence-electron chi connectivity index (χ1n) is 10.1. The topological polar surface area (TPSA) is 49.7 Å². The van der Waals surface area contributed by atoms with Crippen LogP contribution in [0.1, 0.15) is 65.2 Å². The average Bonchev–Trinajstić information content (AvgIpc) is 2.95. The van der Waals surface area contributed by atoms with Crippen molar-refractivity contribution in [2.24, 2.45) is 11.3 Å². The van der Waals surface area contributed by atoms with E-state index in [1.165, 1.54) is 37.7 Å². The standard InChI is InChI=1S/C22H34O3/c1-3-18-9-10-19-17(5-4-12-22(18,19)2)8-6-16-7-11-21(20(24)15-16)25-14-13-23/h6,8-9,19-21,23-24H,3-5,7,10-15H2,1-2H3/b16-6-,17-8+/t19?,20-,21+,22?/m1/s1. The van der Waals surface area contributed by atoms with Gasteiger partial charge in [-0.1, -0.05) is 48.8 Å². The maximum atomic E-state index is 10.3. The molecule has 3 aliphatic rings. The summed E-state index contributed by atoms with van der Waals surface area (Å²) in [6, 6.07) is 0. The molecule has 0 spiro atoms. The van der Waals surface area contributed by atoms with Crippen molar-refractivity contribution >= 4 is 0 Å². The Labute approximate surface area is 152 Å². The summed E-state index contributed by atoms with van der Waals surface area (Å²) in [6.07, 6.45) is 15.3. The third-order valence-electron chi connectivity index (χ3n) is 6.70. The van der Waals surface area contributed by atoms with E-state index in [-0.39, 0.29) is 12.7 Å². The number of aliphatic hydroxyl groups excluding tert-OH is 2. The van der Waals surface area contributed by atoms with Gasteiger partial charge in [0.15, 0.2) is 0 Å². The number of hydrogen-bond donors (Lipinski definition) is 2. The van der Waals surface area contributed by atoms with Crippen molar-refractivity contribution in [3.05, 3.63) is 34.9 Å². The van der Waals surface area contributed by atoms with Crippen LogP contribution in [0.15, 0.2) is 34.9 Å². The lowest BCUT2D eigenvalue weighted by atomic mass is 9.64. The number of aliphatic hydroxyl groups is 2. The summed E-state index contributed by atoms with van der Waals surface area (Å²) in [5, 5.41) is 19.1. The monoisotopic (exact) mass is 346 g/mol. The normalized spacial score (nSPS) is 38.9. The van der Waals surface area contributed by atoms with E-state index in [1.54, 1.807) is 11.1 Å². The molecular weight excluding hydrogens is 312 g/mol. The van der Waals surface area contributed by atoms with Gasteiger partial charge in [0, 0.05) is 0 Å². The van der Waals surface area contributed by atoms with Gasteiger partial charge < -0.3 is 14.9 Å². The fraction of sp³-hybridized carbons (Fsp3) is 0.727. The molecule has 0 aromatic heterocycles. The Morgan fingerprint density at radius 2 is 2.16 bits per heavy atom. The van der Waals surface area contributed by atoms with Crippen LogP contribution in [0.5, 0.6) is 0 Å². The molecule has 2 unspecified atom stereocenters. The van der Waals surface area contributed by atoms with Gasteiger partial charge in [-0.3, -0.25) is 0 Å². The molecule has 3 nitrogen and oxygen atoms in total. The van der Waals surface area contributed by atoms with E-state index < -0.39 is 6.10 Å². The summed E-state index contributed by atoms with van der Waals surface area (Å²) in [7, 11) is 0. The number of fused-ring (bicyclic) bond motifs is 1. The zero-order valence-corrected chi connectivity index (χ0v) is 15.8. The minimum absolute atomic E-state index is 0.0198. The van der Waals surface area contributed by atoms with E-state index >= 15 is 0 Å². The van der Waals surface area contributed by atoms with Gasteiger partial charge in [-0.05, 0) is 62.7 Å². The number of rotatable bonds is 5. The van der Waals surface area contributed by atoms with Gasteiger partial charge >= 0.3 is 0 Å². The number of allylic oxidation sites excluding steroid dienone is 5. The van der Waals surface area contributed by atoms with Crippen molar-refractivity contribution in [1.29, 1.82) is 0 Å². The average molecular weight is 347 g/mol. The lowest BCUT2D eigenvalue weighted by Crippen LogP contribution is -2.34. The van der Waals surface area contributed by atoms with Gasteiger partial charge in [-0.25, -0.2) is 0 Å². The van der Waals surface area contributed by atoms with E-state index in [4.69, 9.17) is 9.84 Å². The van der Waals surface area contributed by atoms with E-state index in [2.05, 4.69) is 32.1 Å². The van der Waals surface area contributed by atoms with E-state index in [9.17, 15) is 5.11 Å². The van der Waals surface area contributed by atoms with Gasteiger partial charge in [0.05, 0.1) is 25.4 Å². The van der Waals surface area contributed by atoms with Crippen LogP contribution in [-0.2, 0) is 4.74 Å². The van der Waals surface area contributed by atoms with Crippen LogP contribution in [0.4, 0.5) is 0 Å². The minimum Gasteiger partial charge on any atom is -0.394 e. The van der Waals surface area contributed by atoms with Crippen LogP contribution in [0, 0.1) is 11.3 Å². The highest BCUT2D eigenvalue weighted by Gasteiger charge is 2.43. The molecule has 2 N–H and O–H groups in total. The van der Waals surface area contributed by atoms with Gasteiger partial charge in [-0.15, -0.1) is 0 Å². The van der Waals surface area contributed by atoms with E-state index in [0.29, 0.717) is 24.4 Å². The predicted molar refractivity (Wildman–Crippen MR) is 101 cm³/mol. The Morgan fingerprint density at radius 3 is 2.88 bits per heavy atom. The molecule has 2 saturated carbocycles. The molecule has 4 atom stereocenters. The molecule has 0 amide bonds. The summed E-state index contributed by atoms with van der Waals surface area (Å²) in [4.78, 5) is 0. The summed E-state index contributed by atoms with van der Waals surface area (Å²) in [5.74, 6) is 0.683. The van der Waals surface area contributed by atoms with Crippen molar-refractivity contribution in [3.8, 4) is 0 Å². The molecule has 2 fully saturated rings. The molecular formula is C22H34O3. The molecule has 3 heteroatoms. The fourth-order valence-corrected chi connectivity index (χ4v) is 5.25. The first-order chi connectivity index (χ1) is 12.1. The first kappa shape index (κ1) is 18.9. The van der Waals surface area contributed by atoms with Crippen LogP contribution >= 0.6 is 0 Å². The third kappa shape index (κ3) is 3.94. The Hall–Kier alpha value is -0.900. The molecule has 0 aromatic rings. The molecule has 0 heterocycles. The van der Waals surface area contributed by atoms with Crippen molar-refractivity contribution < 1.29 is 14.9 Å². The van der Waals surface area contributed by atoms with Crippen molar-refractivity contribution in [2.45, 2.75) is 77.4 Å². The SMILES string of the molecule is CCC1=CCC2/C(=C/C=C3/CC[C@H](OCCO)[C@H](O)C3)CCCC12C. The summed E-state index contributed by atoms with van der Waals surface area (Å²) in [5.41, 5.74) is 4.98. The van der Waals surface area contributed by atoms with Gasteiger partial charge in [0.2, 0.25) is 0 Å². The zero-order valence-electron chi connectivity index (χ0n) is 15.8. The second kappa shape index (κ2) is 8.20. The Morgan fingerprint density at radius 1 is 1.32 bits per heavy atom. The number of hydrogen-bond acceptors (Lipinski definition) is 3. The summed E-state index contributed by atoms with van der Waals surface area (Å²) in [6.45, 7) is 5.09. The van der Waals surface area contributed by atoms with Crippen molar-refractivity contribution in [3.63, 3.8) is 0 Å². The Bertz CT molecular complexity index is 560. The van der Waals surface area contributed by atoms with E-state index in [0.717, 1.165) is 12.8 Å². The second-order valence-corrected chi connectivity index (χ2v) is 8.15. The molecule has 140 valence electrons. The van der Waals surface area contributed by atoms with Crippen LogP contribution < -0.4 is 0 Å². The molecule has 3 rings (SSSR count). The Kier molecular flexibility index (Phi) is 6.19. The quantitative estimate of drug-likeness (QED) is 0.729. The molecule has 0 saturated heterocycles. The lowest BCUT2D eigenvalue weighted by Gasteiger charge is -2.41. The maximum absolute atomic E-state index is 10.3.